The maximum atomic E-state index is 12.7. The van der Waals surface area contributed by atoms with Crippen LogP contribution in [0.15, 0.2) is 72.1 Å². The number of ether oxygens (including phenoxy) is 1. The third-order valence-electron chi connectivity index (χ3n) is 6.47. The van der Waals surface area contributed by atoms with Crippen molar-refractivity contribution in [3.8, 4) is 17.0 Å². The molecular formula is C27H29N5O4S2. The summed E-state index contributed by atoms with van der Waals surface area (Å²) in [4.78, 5) is 24.0. The van der Waals surface area contributed by atoms with E-state index < -0.39 is 9.84 Å². The van der Waals surface area contributed by atoms with Gasteiger partial charge in [0.05, 0.1) is 21.8 Å². The molecule has 2 aromatic heterocycles. The Kier molecular flexibility index (Phi) is 7.48. The van der Waals surface area contributed by atoms with Crippen LogP contribution in [0.3, 0.4) is 0 Å². The molecule has 2 aromatic carbocycles. The van der Waals surface area contributed by atoms with Gasteiger partial charge in [-0.15, -0.1) is 11.3 Å². The molecule has 4 aromatic rings. The number of hydrogen-bond acceptors (Lipinski definition) is 8. The molecule has 9 nitrogen and oxygen atoms in total. The lowest BCUT2D eigenvalue weighted by Crippen LogP contribution is -2.33. The van der Waals surface area contributed by atoms with E-state index in [9.17, 15) is 13.2 Å². The summed E-state index contributed by atoms with van der Waals surface area (Å²) in [5, 5.41) is 5.28. The topological polar surface area (TPSA) is 106 Å². The third kappa shape index (κ3) is 6.22. The van der Waals surface area contributed by atoms with E-state index in [2.05, 4.69) is 20.2 Å². The lowest BCUT2D eigenvalue weighted by molar-refractivity contribution is 0.240. The highest BCUT2D eigenvalue weighted by Gasteiger charge is 2.24. The van der Waals surface area contributed by atoms with Gasteiger partial charge in [0.2, 0.25) is 0 Å². The largest absolute Gasteiger partial charge is 0.489 e. The van der Waals surface area contributed by atoms with Crippen molar-refractivity contribution in [1.82, 2.24) is 19.9 Å². The minimum atomic E-state index is -3.22. The second-order valence-corrected chi connectivity index (χ2v) is 12.6. The van der Waals surface area contributed by atoms with Gasteiger partial charge in [-0.1, -0.05) is 12.1 Å². The number of nitrogens with zero attached hydrogens (tertiary/aromatic N) is 4. The summed E-state index contributed by atoms with van der Waals surface area (Å²) < 4.78 is 30.5. The van der Waals surface area contributed by atoms with E-state index in [0.29, 0.717) is 30.5 Å². The van der Waals surface area contributed by atoms with Crippen LogP contribution in [0.2, 0.25) is 0 Å². The monoisotopic (exact) mass is 551 g/mol. The fourth-order valence-electron chi connectivity index (χ4n) is 4.32. The number of carbonyl (C=O) groups is 1. The number of sulfone groups is 1. The number of aryl methyl sites for hydroxylation is 1. The maximum Gasteiger partial charge on any atom is 0.326 e. The summed E-state index contributed by atoms with van der Waals surface area (Å²) in [6, 6.07) is 13.9. The van der Waals surface area contributed by atoms with Crippen LogP contribution in [0.4, 0.5) is 9.80 Å². The van der Waals surface area contributed by atoms with Crippen LogP contribution in [0, 0.1) is 12.8 Å². The zero-order valence-corrected chi connectivity index (χ0v) is 22.8. The van der Waals surface area contributed by atoms with Crippen LogP contribution in [0.1, 0.15) is 17.0 Å². The molecule has 1 fully saturated rings. The fraction of sp³-hybridized carbons (Fsp3) is 0.296. The molecule has 1 unspecified atom stereocenters. The first-order valence-corrected chi connectivity index (χ1v) is 15.0. The lowest BCUT2D eigenvalue weighted by Gasteiger charge is -2.16. The standard InChI is InChI=1S/C27H29N5O4S2/c1-19-28-14-26(37-19)31-12-11-21(15-31)13-29-27(33)32-16-25(30-18-32)22-5-7-23(8-6-22)36-17-20-3-9-24(10-4-20)38(2,34)35/h3-10,14,16,18,21H,11-13,15,17H2,1-2H3,(H,29,33). The molecule has 3 heterocycles. The molecule has 0 spiro atoms. The van der Waals surface area contributed by atoms with Crippen molar-refractivity contribution < 1.29 is 17.9 Å². The van der Waals surface area contributed by atoms with Crippen molar-refractivity contribution in [2.45, 2.75) is 24.8 Å². The molecule has 38 heavy (non-hydrogen) atoms. The zero-order chi connectivity index (χ0) is 26.7. The Hall–Kier alpha value is -3.70. The van der Waals surface area contributed by atoms with Crippen LogP contribution in [0.25, 0.3) is 11.3 Å². The molecule has 1 aliphatic heterocycles. The quantitative estimate of drug-likeness (QED) is 0.346. The van der Waals surface area contributed by atoms with Crippen molar-refractivity contribution in [3.05, 3.63) is 77.8 Å². The van der Waals surface area contributed by atoms with Crippen molar-refractivity contribution in [2.75, 3.05) is 30.8 Å². The van der Waals surface area contributed by atoms with Crippen LogP contribution < -0.4 is 15.0 Å². The molecule has 0 aliphatic carbocycles. The highest BCUT2D eigenvalue weighted by Crippen LogP contribution is 2.28. The molecule has 0 bridgehead atoms. The molecular weight excluding hydrogens is 522 g/mol. The van der Waals surface area contributed by atoms with Gasteiger partial charge in [-0.05, 0) is 61.2 Å². The molecule has 5 rings (SSSR count). The second-order valence-electron chi connectivity index (χ2n) is 9.40. The Morgan fingerprint density at radius 3 is 2.58 bits per heavy atom. The van der Waals surface area contributed by atoms with Gasteiger partial charge < -0.3 is 15.0 Å². The van der Waals surface area contributed by atoms with E-state index in [1.54, 1.807) is 41.8 Å². The van der Waals surface area contributed by atoms with Gasteiger partial charge in [0.25, 0.3) is 0 Å². The predicted octanol–water partition coefficient (Wildman–Crippen LogP) is 4.38. The van der Waals surface area contributed by atoms with Crippen LogP contribution in [0.5, 0.6) is 5.75 Å². The number of hydrogen-bond donors (Lipinski definition) is 1. The molecule has 1 N–H and O–H groups in total. The van der Waals surface area contributed by atoms with E-state index in [1.807, 2.05) is 37.4 Å². The Balaban J connectivity index is 1.11. The average Bonchev–Trinajstić information content (AvgIpc) is 3.67. The molecule has 1 atom stereocenters. The average molecular weight is 552 g/mol. The van der Waals surface area contributed by atoms with Gasteiger partial charge in [0.1, 0.15) is 23.7 Å². The zero-order valence-electron chi connectivity index (χ0n) is 21.2. The van der Waals surface area contributed by atoms with E-state index in [4.69, 9.17) is 4.74 Å². The number of thiazole rings is 1. The van der Waals surface area contributed by atoms with Crippen molar-refractivity contribution in [3.63, 3.8) is 0 Å². The number of carbonyl (C=O) groups excluding carboxylic acids is 1. The second kappa shape index (κ2) is 11.0. The molecule has 198 valence electrons. The van der Waals surface area contributed by atoms with E-state index in [-0.39, 0.29) is 10.9 Å². The van der Waals surface area contributed by atoms with Gasteiger partial charge in [0.15, 0.2) is 9.84 Å². The molecule has 0 radical (unpaired) electrons. The van der Waals surface area contributed by atoms with Gasteiger partial charge in [-0.2, -0.15) is 0 Å². The minimum absolute atomic E-state index is 0.197. The Bertz CT molecular complexity index is 1510. The predicted molar refractivity (Wildman–Crippen MR) is 148 cm³/mol. The number of amides is 1. The fourth-order valence-corrected chi connectivity index (χ4v) is 5.76. The highest BCUT2D eigenvalue weighted by molar-refractivity contribution is 7.90. The van der Waals surface area contributed by atoms with Gasteiger partial charge >= 0.3 is 6.03 Å². The summed E-state index contributed by atoms with van der Waals surface area (Å²) in [5.41, 5.74) is 2.43. The Morgan fingerprint density at radius 1 is 1.13 bits per heavy atom. The number of aromatic nitrogens is 3. The molecule has 1 amide bonds. The number of rotatable bonds is 8. The highest BCUT2D eigenvalue weighted by atomic mass is 32.2. The van der Waals surface area contributed by atoms with Crippen LogP contribution in [-0.2, 0) is 16.4 Å². The molecule has 1 aliphatic rings. The van der Waals surface area contributed by atoms with Gasteiger partial charge in [-0.3, -0.25) is 4.57 Å². The number of benzene rings is 2. The lowest BCUT2D eigenvalue weighted by atomic mass is 10.1. The van der Waals surface area contributed by atoms with Gasteiger partial charge in [-0.25, -0.2) is 23.2 Å². The SMILES string of the molecule is Cc1ncc(N2CCC(CNC(=O)n3cnc(-c4ccc(OCc5ccc(S(C)(=O)=O)cc5)cc4)c3)C2)s1. The Morgan fingerprint density at radius 2 is 1.89 bits per heavy atom. The Labute approximate surface area is 226 Å². The van der Waals surface area contributed by atoms with E-state index in [1.165, 1.54) is 22.2 Å². The van der Waals surface area contributed by atoms with Gasteiger partial charge in [0, 0.05) is 37.7 Å². The first kappa shape index (κ1) is 25.9. The maximum absolute atomic E-state index is 12.7. The summed E-state index contributed by atoms with van der Waals surface area (Å²) in [7, 11) is -3.22. The number of anilines is 1. The third-order valence-corrected chi connectivity index (χ3v) is 8.57. The van der Waals surface area contributed by atoms with Crippen molar-refractivity contribution in [2.24, 2.45) is 5.92 Å². The van der Waals surface area contributed by atoms with E-state index in [0.717, 1.165) is 35.6 Å². The smallest absolute Gasteiger partial charge is 0.326 e. The normalized spacial score (nSPS) is 15.5. The van der Waals surface area contributed by atoms with Crippen molar-refractivity contribution in [1.29, 1.82) is 0 Å². The molecule has 11 heteroatoms. The number of nitrogens with one attached hydrogen (secondary N) is 1. The van der Waals surface area contributed by atoms with E-state index >= 15 is 0 Å². The van der Waals surface area contributed by atoms with Crippen molar-refractivity contribution >= 4 is 32.2 Å². The van der Waals surface area contributed by atoms with Crippen LogP contribution >= 0.6 is 11.3 Å². The summed E-state index contributed by atoms with van der Waals surface area (Å²) >= 11 is 1.70. The molecule has 0 saturated carbocycles. The summed E-state index contributed by atoms with van der Waals surface area (Å²) in [5.74, 6) is 1.08. The minimum Gasteiger partial charge on any atom is -0.489 e. The first-order valence-electron chi connectivity index (χ1n) is 12.3. The summed E-state index contributed by atoms with van der Waals surface area (Å²) in [6.45, 7) is 4.84. The summed E-state index contributed by atoms with van der Waals surface area (Å²) in [6.07, 6.45) is 7.39. The van der Waals surface area contributed by atoms with Crippen LogP contribution in [-0.4, -0.2) is 54.9 Å². The first-order chi connectivity index (χ1) is 18.2. The number of imidazole rings is 1. The molecule has 1 saturated heterocycles.